The average Bonchev–Trinajstić information content (AvgIpc) is 3.18. The van der Waals surface area contributed by atoms with Crippen molar-refractivity contribution in [2.75, 3.05) is 54.5 Å². The van der Waals surface area contributed by atoms with Crippen molar-refractivity contribution in [3.05, 3.63) is 18.2 Å². The second-order valence-corrected chi connectivity index (χ2v) is 7.00. The zero-order valence-electron chi connectivity index (χ0n) is 15.6. The number of carbonyl (C=O) groups excluding carboxylic acids is 1. The highest BCUT2D eigenvalue weighted by molar-refractivity contribution is 5.96. The van der Waals surface area contributed by atoms with Crippen molar-refractivity contribution in [1.82, 2.24) is 0 Å². The summed E-state index contributed by atoms with van der Waals surface area (Å²) >= 11 is 0. The molecule has 0 aromatic heterocycles. The fourth-order valence-electron chi connectivity index (χ4n) is 3.77. The summed E-state index contributed by atoms with van der Waals surface area (Å²) in [5.41, 5.74) is 3.29. The van der Waals surface area contributed by atoms with E-state index < -0.39 is 0 Å². The lowest BCUT2D eigenvalue weighted by Gasteiger charge is -2.30. The van der Waals surface area contributed by atoms with Crippen LogP contribution in [-0.4, -0.2) is 45.3 Å². The van der Waals surface area contributed by atoms with E-state index in [0.29, 0.717) is 0 Å². The zero-order valence-corrected chi connectivity index (χ0v) is 15.6. The monoisotopic (exact) mass is 345 g/mol. The average molecular weight is 345 g/mol. The number of amides is 1. The summed E-state index contributed by atoms with van der Waals surface area (Å²) in [5, 5.41) is 3.23. The minimum absolute atomic E-state index is 0.0819. The topological polar surface area (TPSA) is 44.8 Å². The van der Waals surface area contributed by atoms with E-state index in [4.69, 9.17) is 4.74 Å². The second kappa shape index (κ2) is 8.56. The van der Waals surface area contributed by atoms with Crippen LogP contribution in [0.4, 0.5) is 17.1 Å². The van der Waals surface area contributed by atoms with Crippen molar-refractivity contribution < 1.29 is 9.53 Å². The van der Waals surface area contributed by atoms with E-state index in [1.807, 2.05) is 0 Å². The molecular weight excluding hydrogens is 314 g/mol. The van der Waals surface area contributed by atoms with Gasteiger partial charge in [0.05, 0.1) is 24.6 Å². The Kier molecular flexibility index (Phi) is 6.19. The molecule has 0 bridgehead atoms. The fourth-order valence-corrected chi connectivity index (χ4v) is 3.77. The maximum Gasteiger partial charge on any atom is 0.227 e. The number of ether oxygens (including phenoxy) is 1. The highest BCUT2D eigenvalue weighted by Crippen LogP contribution is 2.33. The van der Waals surface area contributed by atoms with Crippen molar-refractivity contribution >= 4 is 23.0 Å². The molecule has 0 saturated carbocycles. The molecule has 2 heterocycles. The molecule has 0 radical (unpaired) electrons. The second-order valence-electron chi connectivity index (χ2n) is 7.00. The van der Waals surface area contributed by atoms with E-state index in [2.05, 4.69) is 47.2 Å². The van der Waals surface area contributed by atoms with Gasteiger partial charge < -0.3 is 19.9 Å². The Morgan fingerprint density at radius 1 is 1.08 bits per heavy atom. The van der Waals surface area contributed by atoms with E-state index >= 15 is 0 Å². The number of nitrogens with zero attached hydrogens (tertiary/aromatic N) is 2. The molecule has 2 aliphatic heterocycles. The number of hydrogen-bond acceptors (Lipinski definition) is 4. The minimum atomic E-state index is 0.0819. The maximum absolute atomic E-state index is 12.7. The summed E-state index contributed by atoms with van der Waals surface area (Å²) in [7, 11) is 0. The fraction of sp³-hybridized carbons (Fsp3) is 0.650. The number of morpholine rings is 1. The summed E-state index contributed by atoms with van der Waals surface area (Å²) in [5.74, 6) is 0.225. The Bertz CT molecular complexity index is 574. The van der Waals surface area contributed by atoms with Crippen LogP contribution in [0.3, 0.4) is 0 Å². The lowest BCUT2D eigenvalue weighted by molar-refractivity contribution is -0.120. The molecule has 0 unspecified atom stereocenters. The molecular formula is C20H31N3O2. The van der Waals surface area contributed by atoms with E-state index in [-0.39, 0.29) is 11.8 Å². The molecule has 0 atom stereocenters. The molecule has 1 N–H and O–H groups in total. The molecule has 2 aliphatic rings. The Morgan fingerprint density at radius 2 is 1.76 bits per heavy atom. The van der Waals surface area contributed by atoms with E-state index in [9.17, 15) is 4.79 Å². The quantitative estimate of drug-likeness (QED) is 0.857. The molecule has 1 aromatic rings. The maximum atomic E-state index is 12.7. The van der Waals surface area contributed by atoms with Crippen LogP contribution < -0.4 is 15.1 Å². The standard InChI is InChI=1S/C20H31N3O2/c1-3-16(4-2)20(24)21-18-15-17(22-11-13-25-14-12-22)7-8-19(18)23-9-5-6-10-23/h7-8,15-16H,3-6,9-14H2,1-2H3,(H,21,24). The Balaban J connectivity index is 1.85. The first-order valence-corrected chi connectivity index (χ1v) is 9.75. The van der Waals surface area contributed by atoms with Gasteiger partial charge in [-0.05, 0) is 43.9 Å². The predicted octanol–water partition coefficient (Wildman–Crippen LogP) is 3.50. The molecule has 2 saturated heterocycles. The normalized spacial score (nSPS) is 18.0. The van der Waals surface area contributed by atoms with Gasteiger partial charge in [0.15, 0.2) is 0 Å². The molecule has 1 amide bonds. The largest absolute Gasteiger partial charge is 0.378 e. The lowest BCUT2D eigenvalue weighted by Crippen LogP contribution is -2.36. The van der Waals surface area contributed by atoms with Crippen LogP contribution in [-0.2, 0) is 9.53 Å². The van der Waals surface area contributed by atoms with Crippen LogP contribution in [0.5, 0.6) is 0 Å². The van der Waals surface area contributed by atoms with Crippen molar-refractivity contribution in [3.63, 3.8) is 0 Å². The molecule has 0 spiro atoms. The number of anilines is 3. The third-order valence-electron chi connectivity index (χ3n) is 5.42. The number of nitrogens with one attached hydrogen (secondary N) is 1. The Morgan fingerprint density at radius 3 is 2.40 bits per heavy atom. The van der Waals surface area contributed by atoms with Crippen LogP contribution in [0.25, 0.3) is 0 Å². The van der Waals surface area contributed by atoms with Crippen LogP contribution >= 0.6 is 0 Å². The smallest absolute Gasteiger partial charge is 0.227 e. The Labute approximate surface area is 151 Å². The van der Waals surface area contributed by atoms with Crippen molar-refractivity contribution in [3.8, 4) is 0 Å². The predicted molar refractivity (Wildman–Crippen MR) is 104 cm³/mol. The molecule has 3 rings (SSSR count). The first kappa shape index (κ1) is 18.1. The van der Waals surface area contributed by atoms with Gasteiger partial charge in [0.2, 0.25) is 5.91 Å². The number of hydrogen-bond donors (Lipinski definition) is 1. The third kappa shape index (κ3) is 4.27. The molecule has 138 valence electrons. The van der Waals surface area contributed by atoms with Crippen LogP contribution in [0.2, 0.25) is 0 Å². The van der Waals surface area contributed by atoms with Crippen LogP contribution in [0.15, 0.2) is 18.2 Å². The highest BCUT2D eigenvalue weighted by Gasteiger charge is 2.21. The van der Waals surface area contributed by atoms with Crippen LogP contribution in [0, 0.1) is 5.92 Å². The molecule has 5 nitrogen and oxygen atoms in total. The van der Waals surface area contributed by atoms with Crippen molar-refractivity contribution in [2.45, 2.75) is 39.5 Å². The van der Waals surface area contributed by atoms with Gasteiger partial charge in [-0.25, -0.2) is 0 Å². The SMILES string of the molecule is CCC(CC)C(=O)Nc1cc(N2CCOCC2)ccc1N1CCCC1. The van der Waals surface area contributed by atoms with Gasteiger partial charge in [-0.1, -0.05) is 13.8 Å². The van der Waals surface area contributed by atoms with Gasteiger partial charge in [0.25, 0.3) is 0 Å². The number of carbonyl (C=O) groups is 1. The first-order valence-electron chi connectivity index (χ1n) is 9.75. The van der Waals surface area contributed by atoms with Crippen LogP contribution in [0.1, 0.15) is 39.5 Å². The summed E-state index contributed by atoms with van der Waals surface area (Å²) in [6, 6.07) is 6.52. The number of benzene rings is 1. The van der Waals surface area contributed by atoms with Crippen molar-refractivity contribution in [1.29, 1.82) is 0 Å². The minimum Gasteiger partial charge on any atom is -0.378 e. The third-order valence-corrected chi connectivity index (χ3v) is 5.42. The van der Waals surface area contributed by atoms with E-state index in [0.717, 1.165) is 63.6 Å². The summed E-state index contributed by atoms with van der Waals surface area (Å²) < 4.78 is 5.46. The summed E-state index contributed by atoms with van der Waals surface area (Å²) in [6.45, 7) is 9.66. The molecule has 2 fully saturated rings. The van der Waals surface area contributed by atoms with Gasteiger partial charge in [-0.15, -0.1) is 0 Å². The van der Waals surface area contributed by atoms with E-state index in [1.54, 1.807) is 0 Å². The first-order chi connectivity index (χ1) is 12.2. The van der Waals surface area contributed by atoms with Gasteiger partial charge in [0.1, 0.15) is 0 Å². The Hall–Kier alpha value is -1.75. The lowest BCUT2D eigenvalue weighted by atomic mass is 10.0. The summed E-state index contributed by atoms with van der Waals surface area (Å²) in [4.78, 5) is 17.4. The number of rotatable bonds is 6. The zero-order chi connectivity index (χ0) is 17.6. The molecule has 1 aromatic carbocycles. The van der Waals surface area contributed by atoms with Gasteiger partial charge >= 0.3 is 0 Å². The van der Waals surface area contributed by atoms with Gasteiger partial charge in [0, 0.05) is 37.8 Å². The summed E-state index contributed by atoms with van der Waals surface area (Å²) in [6.07, 6.45) is 4.21. The van der Waals surface area contributed by atoms with Gasteiger partial charge in [-0.3, -0.25) is 4.79 Å². The van der Waals surface area contributed by atoms with Crippen molar-refractivity contribution in [2.24, 2.45) is 5.92 Å². The molecule has 25 heavy (non-hydrogen) atoms. The molecule has 0 aliphatic carbocycles. The van der Waals surface area contributed by atoms with Gasteiger partial charge in [-0.2, -0.15) is 0 Å². The van der Waals surface area contributed by atoms with E-state index in [1.165, 1.54) is 18.5 Å². The highest BCUT2D eigenvalue weighted by atomic mass is 16.5. The molecule has 5 heteroatoms.